The topological polar surface area (TPSA) is 49.4 Å². The molecule has 0 aliphatic heterocycles. The van der Waals surface area contributed by atoms with Gasteiger partial charge in [-0.25, -0.2) is 0 Å². The molecule has 0 aliphatic carbocycles. The van der Waals surface area contributed by atoms with Crippen LogP contribution in [-0.2, 0) is 21.9 Å². The third-order valence-electron chi connectivity index (χ3n) is 4.65. The largest absolute Gasteiger partial charge is 0.354 e. The molecule has 2 aromatic rings. The molecule has 8 heteroatoms. The Bertz CT molecular complexity index is 873. The van der Waals surface area contributed by atoms with Crippen molar-refractivity contribution < 1.29 is 9.59 Å². The van der Waals surface area contributed by atoms with E-state index >= 15 is 0 Å². The predicted octanol–water partition coefficient (Wildman–Crippen LogP) is 6.18. The summed E-state index contributed by atoms with van der Waals surface area (Å²) < 4.78 is 0.962. The maximum atomic E-state index is 13.1. The fourth-order valence-corrected chi connectivity index (χ4v) is 4.73. The van der Waals surface area contributed by atoms with E-state index in [-0.39, 0.29) is 17.6 Å². The van der Waals surface area contributed by atoms with Crippen LogP contribution in [0.1, 0.15) is 31.9 Å². The number of carbonyl (C=O) groups excluding carboxylic acids is 2. The monoisotopic (exact) mass is 544 g/mol. The number of halogens is 3. The normalized spacial score (nSPS) is 12.0. The Morgan fingerprint density at radius 1 is 1.06 bits per heavy atom. The molecule has 0 saturated heterocycles. The van der Waals surface area contributed by atoms with Crippen LogP contribution in [0.2, 0.25) is 10.0 Å². The molecule has 0 saturated carbocycles. The predicted molar refractivity (Wildman–Crippen MR) is 135 cm³/mol. The van der Waals surface area contributed by atoms with Gasteiger partial charge in [-0.2, -0.15) is 0 Å². The smallest absolute Gasteiger partial charge is 0.242 e. The van der Waals surface area contributed by atoms with E-state index in [4.69, 9.17) is 23.2 Å². The summed E-state index contributed by atoms with van der Waals surface area (Å²) in [6.07, 6.45) is 0. The molecule has 31 heavy (non-hydrogen) atoms. The highest BCUT2D eigenvalue weighted by molar-refractivity contribution is 9.10. The van der Waals surface area contributed by atoms with Crippen molar-refractivity contribution in [3.63, 3.8) is 0 Å². The molecule has 0 radical (unpaired) electrons. The molecule has 2 amide bonds. The lowest BCUT2D eigenvalue weighted by Gasteiger charge is -2.29. The second-order valence-electron chi connectivity index (χ2n) is 7.66. The quantitative estimate of drug-likeness (QED) is 0.388. The first-order valence-electron chi connectivity index (χ1n) is 10.0. The van der Waals surface area contributed by atoms with Crippen molar-refractivity contribution in [1.82, 2.24) is 10.2 Å². The van der Waals surface area contributed by atoms with Crippen molar-refractivity contribution in [3.05, 3.63) is 68.1 Å². The van der Waals surface area contributed by atoms with Crippen molar-refractivity contribution in [2.45, 2.75) is 39.1 Å². The van der Waals surface area contributed by atoms with Gasteiger partial charge < -0.3 is 10.2 Å². The Labute approximate surface area is 207 Å². The molecule has 0 aromatic heterocycles. The van der Waals surface area contributed by atoms with Gasteiger partial charge in [-0.1, -0.05) is 71.2 Å². The third-order valence-corrected chi connectivity index (χ3v) is 6.83. The van der Waals surface area contributed by atoms with E-state index in [1.54, 1.807) is 30.0 Å². The molecule has 0 aliphatic rings. The number of hydrogen-bond acceptors (Lipinski definition) is 3. The molecule has 1 atom stereocenters. The van der Waals surface area contributed by atoms with Crippen molar-refractivity contribution >= 4 is 62.7 Å². The molecule has 0 fully saturated rings. The number of benzene rings is 2. The molecule has 2 rings (SSSR count). The molecule has 0 heterocycles. The van der Waals surface area contributed by atoms with Crippen LogP contribution < -0.4 is 5.32 Å². The van der Waals surface area contributed by atoms with E-state index in [2.05, 4.69) is 21.2 Å². The zero-order chi connectivity index (χ0) is 23.0. The summed E-state index contributed by atoms with van der Waals surface area (Å²) >= 11 is 17.3. The first-order chi connectivity index (χ1) is 14.7. The maximum absolute atomic E-state index is 13.1. The molecule has 2 aromatic carbocycles. The van der Waals surface area contributed by atoms with Gasteiger partial charge in [0.05, 0.1) is 5.75 Å². The molecule has 0 bridgehead atoms. The van der Waals surface area contributed by atoms with E-state index in [0.717, 1.165) is 15.6 Å². The number of thioether (sulfide) groups is 1. The zero-order valence-corrected chi connectivity index (χ0v) is 21.7. The van der Waals surface area contributed by atoms with Gasteiger partial charge in [-0.3, -0.25) is 9.59 Å². The molecule has 4 nitrogen and oxygen atoms in total. The van der Waals surface area contributed by atoms with E-state index in [9.17, 15) is 9.59 Å². The van der Waals surface area contributed by atoms with Gasteiger partial charge in [0.2, 0.25) is 11.8 Å². The first kappa shape index (κ1) is 26.0. The minimum atomic E-state index is -0.584. The second-order valence-corrected chi connectivity index (χ2v) is 10.4. The highest BCUT2D eigenvalue weighted by Crippen LogP contribution is 2.28. The number of carbonyl (C=O) groups is 2. The molecule has 0 unspecified atom stereocenters. The number of rotatable bonds is 10. The lowest BCUT2D eigenvalue weighted by atomic mass is 10.1. The van der Waals surface area contributed by atoms with Crippen LogP contribution in [0.25, 0.3) is 0 Å². The van der Waals surface area contributed by atoms with Gasteiger partial charge in [-0.15, -0.1) is 11.8 Å². The number of hydrogen-bond donors (Lipinski definition) is 1. The van der Waals surface area contributed by atoms with Gasteiger partial charge in [0.15, 0.2) is 0 Å². The average Bonchev–Trinajstić information content (AvgIpc) is 2.73. The summed E-state index contributed by atoms with van der Waals surface area (Å²) in [5.74, 6) is 0.814. The van der Waals surface area contributed by atoms with Crippen molar-refractivity contribution in [2.24, 2.45) is 5.92 Å². The van der Waals surface area contributed by atoms with Crippen LogP contribution in [-0.4, -0.2) is 35.1 Å². The fraction of sp³-hybridized carbons (Fsp3) is 0.391. The summed E-state index contributed by atoms with van der Waals surface area (Å²) in [4.78, 5) is 27.4. The van der Waals surface area contributed by atoms with Crippen LogP contribution in [0.15, 0.2) is 46.9 Å². The van der Waals surface area contributed by atoms with Gasteiger partial charge in [0, 0.05) is 33.4 Å². The minimum Gasteiger partial charge on any atom is -0.354 e. The Balaban J connectivity index is 2.09. The molecule has 0 spiro atoms. The maximum Gasteiger partial charge on any atom is 0.242 e. The number of amides is 2. The summed E-state index contributed by atoms with van der Waals surface area (Å²) in [7, 11) is 0. The van der Waals surface area contributed by atoms with Crippen LogP contribution in [0.5, 0.6) is 0 Å². The highest BCUT2D eigenvalue weighted by Gasteiger charge is 2.26. The van der Waals surface area contributed by atoms with Crippen LogP contribution in [0, 0.1) is 5.92 Å². The van der Waals surface area contributed by atoms with Crippen LogP contribution in [0.4, 0.5) is 0 Å². The van der Waals surface area contributed by atoms with Gasteiger partial charge in [0.1, 0.15) is 6.04 Å². The lowest BCUT2D eigenvalue weighted by Crippen LogP contribution is -2.48. The third kappa shape index (κ3) is 8.33. The standard InChI is InChI=1S/C23H27BrCl2N2O2S/c1-15(2)11-27-23(30)16(3)28(12-17-7-9-18(24)10-8-17)22(29)14-31-13-19-20(25)5-4-6-21(19)26/h4-10,15-16H,11-14H2,1-3H3,(H,27,30)/t16-/m1/s1. The number of nitrogens with one attached hydrogen (secondary N) is 1. The molecular formula is C23H27BrCl2N2O2S. The van der Waals surface area contributed by atoms with E-state index in [1.165, 1.54) is 11.8 Å². The molecule has 168 valence electrons. The van der Waals surface area contributed by atoms with Gasteiger partial charge >= 0.3 is 0 Å². The molecule has 1 N–H and O–H groups in total. The summed E-state index contributed by atoms with van der Waals surface area (Å²) in [6, 6.07) is 12.5. The van der Waals surface area contributed by atoms with Crippen LogP contribution in [0.3, 0.4) is 0 Å². The average molecular weight is 546 g/mol. The van der Waals surface area contributed by atoms with Gasteiger partial charge in [-0.05, 0) is 48.2 Å². The van der Waals surface area contributed by atoms with Crippen molar-refractivity contribution in [1.29, 1.82) is 0 Å². The summed E-state index contributed by atoms with van der Waals surface area (Å²) in [6.45, 7) is 6.76. The fourth-order valence-electron chi connectivity index (χ4n) is 2.82. The van der Waals surface area contributed by atoms with Crippen LogP contribution >= 0.6 is 50.9 Å². The summed E-state index contributed by atoms with van der Waals surface area (Å²) in [5.41, 5.74) is 1.77. The Hall–Kier alpha value is -1.21. The Morgan fingerprint density at radius 2 is 1.68 bits per heavy atom. The van der Waals surface area contributed by atoms with Crippen molar-refractivity contribution in [2.75, 3.05) is 12.3 Å². The van der Waals surface area contributed by atoms with Gasteiger partial charge in [0.25, 0.3) is 0 Å². The van der Waals surface area contributed by atoms with E-state index in [1.807, 2.05) is 38.1 Å². The Morgan fingerprint density at radius 3 is 2.26 bits per heavy atom. The lowest BCUT2D eigenvalue weighted by molar-refractivity contribution is -0.138. The van der Waals surface area contributed by atoms with E-state index in [0.29, 0.717) is 34.8 Å². The SMILES string of the molecule is CC(C)CNC(=O)[C@@H](C)N(Cc1ccc(Br)cc1)C(=O)CSCc1c(Cl)cccc1Cl. The first-order valence-corrected chi connectivity index (χ1v) is 12.7. The Kier molecular flexibility index (Phi) is 10.7. The number of nitrogens with zero attached hydrogens (tertiary/aromatic N) is 1. The summed E-state index contributed by atoms with van der Waals surface area (Å²) in [5, 5.41) is 4.09. The highest BCUT2D eigenvalue weighted by atomic mass is 79.9. The molecular weight excluding hydrogens is 519 g/mol. The zero-order valence-electron chi connectivity index (χ0n) is 17.8. The minimum absolute atomic E-state index is 0.108. The van der Waals surface area contributed by atoms with E-state index < -0.39 is 6.04 Å². The second kappa shape index (κ2) is 12.7. The van der Waals surface area contributed by atoms with Crippen molar-refractivity contribution in [3.8, 4) is 0 Å².